The first-order valence-corrected chi connectivity index (χ1v) is 6.58. The topological polar surface area (TPSA) is 15.3 Å². The summed E-state index contributed by atoms with van der Waals surface area (Å²) < 4.78 is 0. The number of hydrogen-bond acceptors (Lipinski definition) is 2. The van der Waals surface area contributed by atoms with Crippen LogP contribution < -0.4 is 5.32 Å². The molecule has 0 amide bonds. The van der Waals surface area contributed by atoms with Crippen molar-refractivity contribution in [2.24, 2.45) is 0 Å². The van der Waals surface area contributed by atoms with Crippen LogP contribution in [0.2, 0.25) is 5.02 Å². The summed E-state index contributed by atoms with van der Waals surface area (Å²) in [6, 6.07) is 6.23. The van der Waals surface area contributed by atoms with Crippen LogP contribution in [0.5, 0.6) is 0 Å². The number of benzene rings is 1. The van der Waals surface area contributed by atoms with Crippen LogP contribution in [-0.2, 0) is 6.54 Å². The highest BCUT2D eigenvalue weighted by molar-refractivity contribution is 6.31. The third-order valence-corrected chi connectivity index (χ3v) is 3.08. The largest absolute Gasteiger partial charge is 0.313 e. The summed E-state index contributed by atoms with van der Waals surface area (Å²) in [5, 5.41) is 4.30. The number of unbranched alkanes of at least 4 members (excludes halogenated alkanes) is 1. The first kappa shape index (κ1) is 14.5. The number of nitrogens with one attached hydrogen (secondary N) is 1. The molecule has 1 rings (SSSR count). The lowest BCUT2D eigenvalue weighted by Gasteiger charge is -2.10. The van der Waals surface area contributed by atoms with Gasteiger partial charge in [-0.15, -0.1) is 0 Å². The summed E-state index contributed by atoms with van der Waals surface area (Å²) in [7, 11) is 4.22. The van der Waals surface area contributed by atoms with Gasteiger partial charge in [-0.1, -0.05) is 23.7 Å². The van der Waals surface area contributed by atoms with Crippen molar-refractivity contribution in [2.75, 3.05) is 27.2 Å². The van der Waals surface area contributed by atoms with Crippen molar-refractivity contribution in [1.29, 1.82) is 0 Å². The van der Waals surface area contributed by atoms with Gasteiger partial charge in [-0.25, -0.2) is 0 Å². The van der Waals surface area contributed by atoms with Crippen LogP contribution in [0.15, 0.2) is 18.2 Å². The molecule has 3 heteroatoms. The normalized spacial score (nSPS) is 11.1. The molecule has 1 aromatic carbocycles. The molecule has 0 radical (unpaired) electrons. The van der Waals surface area contributed by atoms with E-state index in [1.54, 1.807) is 0 Å². The van der Waals surface area contributed by atoms with E-state index in [1.807, 2.05) is 6.07 Å². The Morgan fingerprint density at radius 3 is 2.65 bits per heavy atom. The lowest BCUT2D eigenvalue weighted by Crippen LogP contribution is -2.18. The molecule has 0 saturated heterocycles. The van der Waals surface area contributed by atoms with Crippen LogP contribution in [-0.4, -0.2) is 32.1 Å². The van der Waals surface area contributed by atoms with E-state index in [0.717, 1.165) is 24.7 Å². The number of rotatable bonds is 7. The summed E-state index contributed by atoms with van der Waals surface area (Å²) in [6.07, 6.45) is 2.45. The molecule has 0 heterocycles. The van der Waals surface area contributed by atoms with Crippen LogP contribution >= 0.6 is 11.6 Å². The van der Waals surface area contributed by atoms with Gasteiger partial charge in [-0.2, -0.15) is 0 Å². The van der Waals surface area contributed by atoms with Crippen LogP contribution in [0.4, 0.5) is 0 Å². The van der Waals surface area contributed by atoms with Gasteiger partial charge < -0.3 is 10.2 Å². The zero-order chi connectivity index (χ0) is 12.7. The van der Waals surface area contributed by atoms with E-state index in [9.17, 15) is 0 Å². The highest BCUT2D eigenvalue weighted by atomic mass is 35.5. The van der Waals surface area contributed by atoms with Gasteiger partial charge in [0.05, 0.1) is 0 Å². The molecule has 0 saturated carbocycles. The first-order valence-electron chi connectivity index (χ1n) is 6.20. The van der Waals surface area contributed by atoms with Crippen LogP contribution in [0.25, 0.3) is 0 Å². The van der Waals surface area contributed by atoms with E-state index < -0.39 is 0 Å². The zero-order valence-corrected chi connectivity index (χ0v) is 11.8. The van der Waals surface area contributed by atoms with E-state index in [2.05, 4.69) is 43.4 Å². The van der Waals surface area contributed by atoms with Crippen molar-refractivity contribution in [1.82, 2.24) is 10.2 Å². The maximum Gasteiger partial charge on any atom is 0.0453 e. The summed E-state index contributed by atoms with van der Waals surface area (Å²) in [4.78, 5) is 2.22. The Morgan fingerprint density at radius 2 is 2.00 bits per heavy atom. The SMILES string of the molecule is Cc1ccc(CNCCCCN(C)C)c(Cl)c1. The van der Waals surface area contributed by atoms with Crippen molar-refractivity contribution >= 4 is 11.6 Å². The van der Waals surface area contributed by atoms with E-state index in [0.29, 0.717) is 0 Å². The van der Waals surface area contributed by atoms with Gasteiger partial charge in [-0.3, -0.25) is 0 Å². The van der Waals surface area contributed by atoms with E-state index in [4.69, 9.17) is 11.6 Å². The maximum absolute atomic E-state index is 6.16. The molecule has 0 spiro atoms. The van der Waals surface area contributed by atoms with Gasteiger partial charge in [0.25, 0.3) is 0 Å². The first-order chi connectivity index (χ1) is 8.09. The summed E-state index contributed by atoms with van der Waals surface area (Å²) in [6.45, 7) is 5.14. The Labute approximate surface area is 110 Å². The molecule has 0 aliphatic heterocycles. The fourth-order valence-corrected chi connectivity index (χ4v) is 2.00. The van der Waals surface area contributed by atoms with Crippen LogP contribution in [0.1, 0.15) is 24.0 Å². The van der Waals surface area contributed by atoms with Gasteiger partial charge >= 0.3 is 0 Å². The van der Waals surface area contributed by atoms with Crippen LogP contribution in [0, 0.1) is 6.92 Å². The van der Waals surface area contributed by atoms with Crippen molar-refractivity contribution in [3.05, 3.63) is 34.3 Å². The highest BCUT2D eigenvalue weighted by Crippen LogP contribution is 2.17. The van der Waals surface area contributed by atoms with Crippen LogP contribution in [0.3, 0.4) is 0 Å². The molecular weight excluding hydrogens is 232 g/mol. The molecule has 0 fully saturated rings. The Bertz CT molecular complexity index is 337. The van der Waals surface area contributed by atoms with Crippen molar-refractivity contribution < 1.29 is 0 Å². The van der Waals surface area contributed by atoms with Crippen molar-refractivity contribution in [3.8, 4) is 0 Å². The molecular formula is C14H23ClN2. The maximum atomic E-state index is 6.16. The summed E-state index contributed by atoms with van der Waals surface area (Å²) in [5.74, 6) is 0. The molecule has 1 aromatic rings. The molecule has 0 bridgehead atoms. The smallest absolute Gasteiger partial charge is 0.0453 e. The molecule has 0 aromatic heterocycles. The van der Waals surface area contributed by atoms with Gasteiger partial charge in [0, 0.05) is 11.6 Å². The molecule has 96 valence electrons. The Balaban J connectivity index is 2.18. The van der Waals surface area contributed by atoms with Gasteiger partial charge in [0.15, 0.2) is 0 Å². The Hall–Kier alpha value is -0.570. The number of nitrogens with zero attached hydrogens (tertiary/aromatic N) is 1. The molecule has 0 unspecified atom stereocenters. The van der Waals surface area contributed by atoms with Crippen molar-refractivity contribution in [3.63, 3.8) is 0 Å². The minimum absolute atomic E-state index is 0.862. The summed E-state index contributed by atoms with van der Waals surface area (Å²) in [5.41, 5.74) is 2.40. The van der Waals surface area contributed by atoms with Crippen molar-refractivity contribution in [2.45, 2.75) is 26.3 Å². The molecule has 17 heavy (non-hydrogen) atoms. The van der Waals surface area contributed by atoms with Gasteiger partial charge in [-0.05, 0) is 64.1 Å². The fourth-order valence-electron chi connectivity index (χ4n) is 1.70. The quantitative estimate of drug-likeness (QED) is 0.753. The monoisotopic (exact) mass is 254 g/mol. The van der Waals surface area contributed by atoms with E-state index in [1.165, 1.54) is 24.0 Å². The molecule has 0 atom stereocenters. The fraction of sp³-hybridized carbons (Fsp3) is 0.571. The minimum atomic E-state index is 0.862. The molecule has 2 nitrogen and oxygen atoms in total. The molecule has 0 aliphatic rings. The summed E-state index contributed by atoms with van der Waals surface area (Å²) >= 11 is 6.16. The van der Waals surface area contributed by atoms with Gasteiger partial charge in [0.2, 0.25) is 0 Å². The van der Waals surface area contributed by atoms with E-state index >= 15 is 0 Å². The number of aryl methyl sites for hydroxylation is 1. The average Bonchev–Trinajstić information content (AvgIpc) is 2.25. The Morgan fingerprint density at radius 1 is 1.24 bits per heavy atom. The number of halogens is 1. The molecule has 1 N–H and O–H groups in total. The number of hydrogen-bond donors (Lipinski definition) is 1. The second kappa shape index (κ2) is 7.70. The van der Waals surface area contributed by atoms with E-state index in [-0.39, 0.29) is 0 Å². The van der Waals surface area contributed by atoms with Gasteiger partial charge in [0.1, 0.15) is 0 Å². The molecule has 0 aliphatic carbocycles. The predicted molar refractivity (Wildman–Crippen MR) is 75.7 cm³/mol. The Kier molecular flexibility index (Phi) is 6.56. The second-order valence-corrected chi connectivity index (χ2v) is 5.19. The second-order valence-electron chi connectivity index (χ2n) is 4.78. The highest BCUT2D eigenvalue weighted by Gasteiger charge is 1.99. The minimum Gasteiger partial charge on any atom is -0.313 e. The predicted octanol–water partition coefficient (Wildman–Crippen LogP) is 3.08. The third kappa shape index (κ3) is 6.06. The standard InChI is InChI=1S/C14H23ClN2/c1-12-6-7-13(14(15)10-12)11-16-8-4-5-9-17(2)3/h6-7,10,16H,4-5,8-9,11H2,1-3H3. The lowest BCUT2D eigenvalue weighted by molar-refractivity contribution is 0.391. The lowest BCUT2D eigenvalue weighted by atomic mass is 10.1. The zero-order valence-electron chi connectivity index (χ0n) is 11.1. The average molecular weight is 255 g/mol. The third-order valence-electron chi connectivity index (χ3n) is 2.73.